The number of carboxylic acids is 1. The van der Waals surface area contributed by atoms with Gasteiger partial charge in [-0.05, 0) is 37.6 Å². The highest BCUT2D eigenvalue weighted by atomic mass is 16.4. The zero-order valence-corrected chi connectivity index (χ0v) is 12.0. The highest BCUT2D eigenvalue weighted by Gasteiger charge is 2.31. The molecule has 0 spiro atoms. The lowest BCUT2D eigenvalue weighted by atomic mass is 9.93. The van der Waals surface area contributed by atoms with Crippen molar-refractivity contribution in [3.8, 4) is 0 Å². The minimum Gasteiger partial charge on any atom is -0.481 e. The van der Waals surface area contributed by atoms with Crippen molar-refractivity contribution in [2.45, 2.75) is 52.0 Å². The van der Waals surface area contributed by atoms with E-state index in [1.165, 1.54) is 0 Å². The number of nitrogens with two attached hydrogens (primary N) is 1. The average Bonchev–Trinajstić information content (AvgIpc) is 2.74. The summed E-state index contributed by atoms with van der Waals surface area (Å²) in [5.74, 6) is -0.0320. The topological polar surface area (TPSA) is 83.6 Å². The van der Waals surface area contributed by atoms with Gasteiger partial charge in [-0.2, -0.15) is 0 Å². The van der Waals surface area contributed by atoms with Crippen molar-refractivity contribution in [2.24, 2.45) is 17.6 Å². The van der Waals surface area contributed by atoms with Gasteiger partial charge in [0.2, 0.25) is 5.91 Å². The molecule has 1 amide bonds. The van der Waals surface area contributed by atoms with E-state index in [0.29, 0.717) is 25.4 Å². The lowest BCUT2D eigenvalue weighted by Crippen LogP contribution is -2.38. The molecule has 0 aromatic rings. The number of likely N-dealkylation sites (tertiary alicyclic amines) is 1. The number of rotatable bonds is 7. The Bertz CT molecular complexity index is 318. The first-order chi connectivity index (χ1) is 8.93. The van der Waals surface area contributed by atoms with Gasteiger partial charge in [-0.15, -0.1) is 0 Å². The second-order valence-corrected chi connectivity index (χ2v) is 5.92. The monoisotopic (exact) mass is 270 g/mol. The van der Waals surface area contributed by atoms with E-state index in [4.69, 9.17) is 10.8 Å². The molecule has 19 heavy (non-hydrogen) atoms. The summed E-state index contributed by atoms with van der Waals surface area (Å²) in [6.07, 6.45) is 3.16. The summed E-state index contributed by atoms with van der Waals surface area (Å²) in [5, 5.41) is 8.86. The Labute approximate surface area is 115 Å². The smallest absolute Gasteiger partial charge is 0.305 e. The molecule has 1 heterocycles. The molecule has 1 fully saturated rings. The van der Waals surface area contributed by atoms with Crippen LogP contribution in [0.15, 0.2) is 0 Å². The predicted molar refractivity (Wildman–Crippen MR) is 73.6 cm³/mol. The van der Waals surface area contributed by atoms with Crippen molar-refractivity contribution in [1.82, 2.24) is 4.90 Å². The summed E-state index contributed by atoms with van der Waals surface area (Å²) in [5.41, 5.74) is 5.72. The Morgan fingerprint density at radius 2 is 2.11 bits per heavy atom. The first kappa shape index (κ1) is 16.0. The van der Waals surface area contributed by atoms with E-state index in [1.54, 1.807) is 4.90 Å². The van der Waals surface area contributed by atoms with Crippen molar-refractivity contribution >= 4 is 11.9 Å². The quantitative estimate of drug-likeness (QED) is 0.733. The highest BCUT2D eigenvalue weighted by molar-refractivity contribution is 5.78. The normalized spacial score (nSPS) is 20.8. The summed E-state index contributed by atoms with van der Waals surface area (Å²) in [7, 11) is 0. The van der Waals surface area contributed by atoms with E-state index in [0.717, 1.165) is 19.3 Å². The number of nitrogens with zero attached hydrogens (tertiary/aromatic N) is 1. The minimum atomic E-state index is -0.831. The maximum absolute atomic E-state index is 12.3. The molecule has 0 radical (unpaired) electrons. The maximum atomic E-state index is 12.3. The molecule has 1 aliphatic heterocycles. The van der Waals surface area contributed by atoms with Crippen LogP contribution in [0.2, 0.25) is 0 Å². The number of carbonyl (C=O) groups excluding carboxylic acids is 1. The van der Waals surface area contributed by atoms with Gasteiger partial charge in [-0.25, -0.2) is 0 Å². The van der Waals surface area contributed by atoms with Crippen LogP contribution in [0.1, 0.15) is 46.0 Å². The van der Waals surface area contributed by atoms with E-state index < -0.39 is 5.97 Å². The van der Waals surface area contributed by atoms with Gasteiger partial charge in [-0.1, -0.05) is 13.8 Å². The molecule has 110 valence electrons. The summed E-state index contributed by atoms with van der Waals surface area (Å²) >= 11 is 0. The number of carbonyl (C=O) groups is 2. The lowest BCUT2D eigenvalue weighted by molar-refractivity contribution is -0.140. The fraction of sp³-hybridized carbons (Fsp3) is 0.857. The van der Waals surface area contributed by atoms with Gasteiger partial charge in [0.25, 0.3) is 0 Å². The van der Waals surface area contributed by atoms with Crippen LogP contribution in [0.4, 0.5) is 0 Å². The second-order valence-electron chi connectivity index (χ2n) is 5.92. The lowest BCUT2D eigenvalue weighted by Gasteiger charge is -2.26. The summed E-state index contributed by atoms with van der Waals surface area (Å²) < 4.78 is 0. The molecular weight excluding hydrogens is 244 g/mol. The molecule has 0 aromatic heterocycles. The number of hydrogen-bond acceptors (Lipinski definition) is 3. The van der Waals surface area contributed by atoms with Crippen LogP contribution in [0.3, 0.4) is 0 Å². The van der Waals surface area contributed by atoms with Gasteiger partial charge >= 0.3 is 5.97 Å². The van der Waals surface area contributed by atoms with Crippen molar-refractivity contribution < 1.29 is 14.7 Å². The van der Waals surface area contributed by atoms with Crippen LogP contribution in [0.25, 0.3) is 0 Å². The predicted octanol–water partition coefficient (Wildman–Crippen LogP) is 1.46. The minimum absolute atomic E-state index is 0.0587. The molecule has 1 rings (SSSR count). The van der Waals surface area contributed by atoms with Crippen LogP contribution in [-0.2, 0) is 9.59 Å². The SMILES string of the molecule is CC(C)CC(CN)CC(=O)N1CCCC1CC(=O)O. The van der Waals surface area contributed by atoms with Gasteiger partial charge in [0, 0.05) is 19.0 Å². The van der Waals surface area contributed by atoms with Crippen molar-refractivity contribution in [2.75, 3.05) is 13.1 Å². The first-order valence-corrected chi connectivity index (χ1v) is 7.15. The fourth-order valence-electron chi connectivity index (χ4n) is 2.87. The van der Waals surface area contributed by atoms with Gasteiger partial charge in [0.15, 0.2) is 0 Å². The zero-order valence-electron chi connectivity index (χ0n) is 12.0. The van der Waals surface area contributed by atoms with Crippen molar-refractivity contribution in [3.63, 3.8) is 0 Å². The van der Waals surface area contributed by atoms with E-state index in [-0.39, 0.29) is 24.3 Å². The molecule has 1 saturated heterocycles. The zero-order chi connectivity index (χ0) is 14.4. The Morgan fingerprint density at radius 1 is 1.42 bits per heavy atom. The molecule has 5 nitrogen and oxygen atoms in total. The molecule has 5 heteroatoms. The van der Waals surface area contributed by atoms with Gasteiger partial charge in [0.05, 0.1) is 6.42 Å². The first-order valence-electron chi connectivity index (χ1n) is 7.15. The molecule has 1 aliphatic rings. The van der Waals surface area contributed by atoms with Gasteiger partial charge in [0.1, 0.15) is 0 Å². The second kappa shape index (κ2) is 7.48. The number of amides is 1. The molecule has 0 aromatic carbocycles. The Balaban J connectivity index is 2.53. The van der Waals surface area contributed by atoms with Crippen molar-refractivity contribution in [1.29, 1.82) is 0 Å². The maximum Gasteiger partial charge on any atom is 0.305 e. The third-order valence-corrected chi connectivity index (χ3v) is 3.71. The molecule has 3 N–H and O–H groups in total. The Morgan fingerprint density at radius 3 is 2.63 bits per heavy atom. The van der Waals surface area contributed by atoms with Gasteiger partial charge < -0.3 is 15.7 Å². The molecular formula is C14H26N2O3. The molecule has 2 atom stereocenters. The van der Waals surface area contributed by atoms with E-state index in [1.807, 2.05) is 0 Å². The molecule has 0 bridgehead atoms. The van der Waals surface area contributed by atoms with Crippen LogP contribution in [0.5, 0.6) is 0 Å². The van der Waals surface area contributed by atoms with E-state index >= 15 is 0 Å². The van der Waals surface area contributed by atoms with Crippen LogP contribution in [-0.4, -0.2) is 41.0 Å². The number of hydrogen-bond donors (Lipinski definition) is 2. The Kier molecular flexibility index (Phi) is 6.28. The van der Waals surface area contributed by atoms with Crippen LogP contribution in [0, 0.1) is 11.8 Å². The Hall–Kier alpha value is -1.10. The van der Waals surface area contributed by atoms with Gasteiger partial charge in [-0.3, -0.25) is 9.59 Å². The molecule has 0 saturated carbocycles. The summed E-state index contributed by atoms with van der Waals surface area (Å²) in [6.45, 7) is 5.45. The van der Waals surface area contributed by atoms with E-state index in [2.05, 4.69) is 13.8 Å². The average molecular weight is 270 g/mol. The fourth-order valence-corrected chi connectivity index (χ4v) is 2.87. The van der Waals surface area contributed by atoms with Crippen LogP contribution < -0.4 is 5.73 Å². The summed E-state index contributed by atoms with van der Waals surface area (Å²) in [4.78, 5) is 24.8. The third-order valence-electron chi connectivity index (χ3n) is 3.71. The standard InChI is InChI=1S/C14H26N2O3/c1-10(2)6-11(9-15)7-13(17)16-5-3-4-12(16)8-14(18)19/h10-12H,3-9,15H2,1-2H3,(H,18,19). The van der Waals surface area contributed by atoms with Crippen molar-refractivity contribution in [3.05, 3.63) is 0 Å². The van der Waals surface area contributed by atoms with E-state index in [9.17, 15) is 9.59 Å². The number of aliphatic carboxylic acids is 1. The molecule has 2 unspecified atom stereocenters. The third kappa shape index (κ3) is 5.19. The molecule has 0 aliphatic carbocycles. The highest BCUT2D eigenvalue weighted by Crippen LogP contribution is 2.23. The largest absolute Gasteiger partial charge is 0.481 e. The summed E-state index contributed by atoms with van der Waals surface area (Å²) in [6, 6.07) is -0.123. The number of carboxylic acid groups (broad SMARTS) is 1. The van der Waals surface area contributed by atoms with Crippen LogP contribution >= 0.6 is 0 Å².